The van der Waals surface area contributed by atoms with Crippen LogP contribution in [0.4, 0.5) is 10.5 Å². The van der Waals surface area contributed by atoms with Crippen LogP contribution in [0.15, 0.2) is 18.2 Å². The Morgan fingerprint density at radius 1 is 1.20 bits per heavy atom. The molecule has 0 aromatic heterocycles. The average molecular weight is 562 g/mol. The van der Waals surface area contributed by atoms with Crippen molar-refractivity contribution in [3.05, 3.63) is 23.8 Å². The first-order valence-electron chi connectivity index (χ1n) is 14.1. The molecule has 4 heterocycles. The summed E-state index contributed by atoms with van der Waals surface area (Å²) in [5.74, 6) is 0.280. The van der Waals surface area contributed by atoms with E-state index in [0.29, 0.717) is 69.9 Å². The highest BCUT2D eigenvalue weighted by Crippen LogP contribution is 2.32. The van der Waals surface area contributed by atoms with E-state index in [1.165, 1.54) is 0 Å². The summed E-state index contributed by atoms with van der Waals surface area (Å²) in [7, 11) is 0. The lowest BCUT2D eigenvalue weighted by Gasteiger charge is -2.33. The number of aliphatic hydroxyl groups excluding tert-OH is 1. The van der Waals surface area contributed by atoms with E-state index in [-0.39, 0.29) is 42.7 Å². The van der Waals surface area contributed by atoms with Gasteiger partial charge in [0.15, 0.2) is 6.29 Å². The molecule has 13 nitrogen and oxygen atoms in total. The molecule has 3 saturated heterocycles. The highest BCUT2D eigenvalue weighted by atomic mass is 16.7. The second-order valence-corrected chi connectivity index (χ2v) is 10.7. The molecular weight excluding hydrogens is 522 g/mol. The molecule has 6 atom stereocenters. The molecule has 0 saturated carbocycles. The van der Waals surface area contributed by atoms with E-state index in [4.69, 9.17) is 18.9 Å². The number of benzene rings is 1. The highest BCUT2D eigenvalue weighted by Gasteiger charge is 2.41. The van der Waals surface area contributed by atoms with Crippen molar-refractivity contribution >= 4 is 23.6 Å². The zero-order valence-electron chi connectivity index (χ0n) is 22.7. The van der Waals surface area contributed by atoms with Gasteiger partial charge < -0.3 is 40.0 Å². The van der Waals surface area contributed by atoms with Gasteiger partial charge in [0.2, 0.25) is 5.91 Å². The molecule has 5 rings (SSSR count). The Balaban J connectivity index is 1.20. The van der Waals surface area contributed by atoms with Crippen LogP contribution in [-0.2, 0) is 19.0 Å². The lowest BCUT2D eigenvalue weighted by Crippen LogP contribution is -2.55. The third-order valence-electron chi connectivity index (χ3n) is 7.82. The second-order valence-electron chi connectivity index (χ2n) is 10.7. The van der Waals surface area contributed by atoms with Gasteiger partial charge >= 0.3 is 6.09 Å². The lowest BCUT2D eigenvalue weighted by atomic mass is 9.96. The number of fused-ring (bicyclic) bond motifs is 2. The SMILES string of the molecule is CC[C@H](NC(=O)O[C@H]1CCO[C@H]2OCCC21)[C@H](O)CN(CC1CCC(=O)N1)NC(=O)c1ccc2c(c1)NCCO2. The molecule has 3 amide bonds. The molecule has 3 fully saturated rings. The zero-order chi connectivity index (χ0) is 28.1. The van der Waals surface area contributed by atoms with Gasteiger partial charge in [0.05, 0.1) is 31.0 Å². The fourth-order valence-corrected chi connectivity index (χ4v) is 5.66. The van der Waals surface area contributed by atoms with Crippen LogP contribution in [0.1, 0.15) is 49.4 Å². The molecule has 220 valence electrons. The molecule has 0 spiro atoms. The maximum atomic E-state index is 13.2. The lowest BCUT2D eigenvalue weighted by molar-refractivity contribution is -0.179. The molecule has 0 bridgehead atoms. The number of hydrogen-bond acceptors (Lipinski definition) is 10. The highest BCUT2D eigenvalue weighted by molar-refractivity contribution is 5.95. The van der Waals surface area contributed by atoms with E-state index < -0.39 is 18.2 Å². The van der Waals surface area contributed by atoms with Crippen molar-refractivity contribution in [2.24, 2.45) is 5.92 Å². The van der Waals surface area contributed by atoms with Crippen molar-refractivity contribution < 1.29 is 38.4 Å². The summed E-state index contributed by atoms with van der Waals surface area (Å²) >= 11 is 0. The van der Waals surface area contributed by atoms with E-state index in [9.17, 15) is 19.5 Å². The van der Waals surface area contributed by atoms with Gasteiger partial charge in [0.25, 0.3) is 5.91 Å². The van der Waals surface area contributed by atoms with Crippen molar-refractivity contribution in [2.75, 3.05) is 44.8 Å². The molecule has 2 unspecified atom stereocenters. The molecule has 1 aromatic rings. The third-order valence-corrected chi connectivity index (χ3v) is 7.82. The van der Waals surface area contributed by atoms with Gasteiger partial charge in [0, 0.05) is 50.0 Å². The number of hydrogen-bond donors (Lipinski definition) is 5. The quantitative estimate of drug-likeness (QED) is 0.258. The Labute approximate surface area is 233 Å². The number of aliphatic hydroxyl groups is 1. The van der Waals surface area contributed by atoms with Crippen LogP contribution in [0, 0.1) is 5.92 Å². The number of hydrazine groups is 1. The van der Waals surface area contributed by atoms with Crippen LogP contribution < -0.4 is 26.1 Å². The Bertz CT molecular complexity index is 1070. The molecule has 40 heavy (non-hydrogen) atoms. The summed E-state index contributed by atoms with van der Waals surface area (Å²) in [6.07, 6.45) is 0.556. The molecule has 0 aliphatic carbocycles. The smallest absolute Gasteiger partial charge is 0.407 e. The summed E-state index contributed by atoms with van der Waals surface area (Å²) in [5, 5.41) is 21.6. The maximum absolute atomic E-state index is 13.2. The largest absolute Gasteiger partial charge is 0.490 e. The van der Waals surface area contributed by atoms with Gasteiger partial charge in [-0.1, -0.05) is 6.92 Å². The molecule has 1 aromatic carbocycles. The Morgan fingerprint density at radius 3 is 2.80 bits per heavy atom. The van der Waals surface area contributed by atoms with Gasteiger partial charge in [-0.25, -0.2) is 9.80 Å². The second kappa shape index (κ2) is 13.0. The van der Waals surface area contributed by atoms with Crippen LogP contribution in [0.5, 0.6) is 5.75 Å². The van der Waals surface area contributed by atoms with Crippen molar-refractivity contribution in [3.8, 4) is 5.75 Å². The van der Waals surface area contributed by atoms with Crippen LogP contribution in [0.25, 0.3) is 0 Å². The normalized spacial score (nSPS) is 26.9. The summed E-state index contributed by atoms with van der Waals surface area (Å²) in [5.41, 5.74) is 4.04. The fourth-order valence-electron chi connectivity index (χ4n) is 5.66. The van der Waals surface area contributed by atoms with Gasteiger partial charge in [-0.05, 0) is 37.5 Å². The molecule has 13 heteroatoms. The van der Waals surface area contributed by atoms with Gasteiger partial charge in [-0.15, -0.1) is 0 Å². The monoisotopic (exact) mass is 561 g/mol. The van der Waals surface area contributed by atoms with E-state index in [1.54, 1.807) is 23.2 Å². The number of amides is 3. The minimum Gasteiger partial charge on any atom is -0.490 e. The number of ether oxygens (including phenoxy) is 4. The first-order valence-corrected chi connectivity index (χ1v) is 14.1. The van der Waals surface area contributed by atoms with Crippen molar-refractivity contribution in [2.45, 2.75) is 69.6 Å². The standard InChI is InChI=1S/C27H39N5O8/c1-2-19(30-27(36)40-22-8-11-39-26-18(22)7-10-38-26)21(33)15-32(14-17-4-6-24(34)29-17)31-25(35)16-3-5-23-20(13-16)28-9-12-37-23/h3,5,13,17-19,21-22,26,28,33H,2,4,6-12,14-15H2,1H3,(H,29,34)(H,30,36)(H,31,35)/t17?,18?,19-,21+,22-,26+/m0/s1. The minimum absolute atomic E-state index is 0.00202. The van der Waals surface area contributed by atoms with Crippen molar-refractivity contribution in [3.63, 3.8) is 0 Å². The fraction of sp³-hybridized carbons (Fsp3) is 0.667. The summed E-state index contributed by atoms with van der Waals surface area (Å²) < 4.78 is 22.5. The Kier molecular flexibility index (Phi) is 9.25. The number of alkyl carbamates (subject to hydrolysis) is 1. The van der Waals surface area contributed by atoms with E-state index in [2.05, 4.69) is 21.4 Å². The first-order chi connectivity index (χ1) is 19.4. The maximum Gasteiger partial charge on any atom is 0.407 e. The average Bonchev–Trinajstić information content (AvgIpc) is 3.60. The third kappa shape index (κ3) is 6.95. The topological polar surface area (TPSA) is 160 Å². The first kappa shape index (κ1) is 28.4. The van der Waals surface area contributed by atoms with Crippen LogP contribution >= 0.6 is 0 Å². The molecule has 4 aliphatic heterocycles. The molecule has 5 N–H and O–H groups in total. The minimum atomic E-state index is -1.02. The number of rotatable bonds is 10. The number of nitrogens with zero attached hydrogens (tertiary/aromatic N) is 1. The zero-order valence-corrected chi connectivity index (χ0v) is 22.7. The Hall–Kier alpha value is -3.13. The summed E-state index contributed by atoms with van der Waals surface area (Å²) in [6, 6.07) is 4.35. The Morgan fingerprint density at radius 2 is 2.02 bits per heavy atom. The number of carbonyl (C=O) groups excluding carboxylic acids is 3. The van der Waals surface area contributed by atoms with Gasteiger partial charge in [-0.3, -0.25) is 15.0 Å². The van der Waals surface area contributed by atoms with E-state index in [1.807, 2.05) is 6.92 Å². The summed E-state index contributed by atoms with van der Waals surface area (Å²) in [4.78, 5) is 37.8. The predicted molar refractivity (Wildman–Crippen MR) is 143 cm³/mol. The van der Waals surface area contributed by atoms with E-state index >= 15 is 0 Å². The van der Waals surface area contributed by atoms with Gasteiger partial charge in [-0.2, -0.15) is 0 Å². The molecule has 4 aliphatic rings. The summed E-state index contributed by atoms with van der Waals surface area (Å²) in [6.45, 7) is 4.42. The number of nitrogens with one attached hydrogen (secondary N) is 4. The molecule has 0 radical (unpaired) electrons. The molecular formula is C27H39N5O8. The van der Waals surface area contributed by atoms with Crippen LogP contribution in [-0.4, -0.2) is 98.1 Å². The van der Waals surface area contributed by atoms with Crippen molar-refractivity contribution in [1.82, 2.24) is 21.1 Å². The van der Waals surface area contributed by atoms with Gasteiger partial charge in [0.1, 0.15) is 18.5 Å². The predicted octanol–water partition coefficient (Wildman–Crippen LogP) is 0.734. The number of carbonyl (C=O) groups is 3. The van der Waals surface area contributed by atoms with E-state index in [0.717, 1.165) is 12.1 Å². The van der Waals surface area contributed by atoms with Crippen LogP contribution in [0.3, 0.4) is 0 Å². The number of anilines is 1. The van der Waals surface area contributed by atoms with Crippen molar-refractivity contribution in [1.29, 1.82) is 0 Å². The van der Waals surface area contributed by atoms with Crippen LogP contribution in [0.2, 0.25) is 0 Å².